The number of nitro groups is 1. The molecule has 1 aromatic heterocycles. The first-order chi connectivity index (χ1) is 28.7. The van der Waals surface area contributed by atoms with Gasteiger partial charge >= 0.3 is 24.2 Å². The molecule has 2 heterocycles. The average Bonchev–Trinajstić information content (AvgIpc) is 3.54. The van der Waals surface area contributed by atoms with Crippen molar-refractivity contribution in [1.82, 2.24) is 15.1 Å². The number of carbonyl (C=O) groups is 6. The molecule has 0 saturated heterocycles. The minimum Gasteiger partial charge on any atom is -0.466 e. The van der Waals surface area contributed by atoms with Crippen LogP contribution in [-0.2, 0) is 54.3 Å². The summed E-state index contributed by atoms with van der Waals surface area (Å²) in [5, 5.41) is 14.2. The van der Waals surface area contributed by atoms with E-state index >= 15 is 0 Å². The molecule has 0 bridgehead atoms. The van der Waals surface area contributed by atoms with Gasteiger partial charge in [-0.05, 0) is 105 Å². The van der Waals surface area contributed by atoms with E-state index in [0.717, 1.165) is 21.4 Å². The lowest BCUT2D eigenvalue weighted by atomic mass is 10.0. The second-order valence-electron chi connectivity index (χ2n) is 17.2. The Morgan fingerprint density at radius 3 is 2.00 bits per heavy atom. The summed E-state index contributed by atoms with van der Waals surface area (Å²) in [6.07, 6.45) is -3.07. The number of non-ortho nitro benzene ring substituents is 1. The largest absolute Gasteiger partial charge is 0.466 e. The molecular weight excluding hydrogens is 846 g/mol. The highest BCUT2D eigenvalue weighted by molar-refractivity contribution is 7.12. The fraction of sp³-hybridized carbons (Fsp3) is 0.465. The highest BCUT2D eigenvalue weighted by Gasteiger charge is 2.37. The van der Waals surface area contributed by atoms with Gasteiger partial charge in [0.25, 0.3) is 11.6 Å². The van der Waals surface area contributed by atoms with E-state index in [1.54, 1.807) is 74.1 Å². The van der Waals surface area contributed by atoms with Gasteiger partial charge in [0.15, 0.2) is 5.84 Å². The van der Waals surface area contributed by atoms with E-state index in [0.29, 0.717) is 23.4 Å². The van der Waals surface area contributed by atoms with E-state index < -0.39 is 63.7 Å². The molecule has 0 radical (unpaired) electrons. The van der Waals surface area contributed by atoms with Gasteiger partial charge in [0, 0.05) is 52.5 Å². The van der Waals surface area contributed by atoms with Crippen LogP contribution in [0.1, 0.15) is 106 Å². The number of esters is 1. The van der Waals surface area contributed by atoms with Crippen LogP contribution in [0.15, 0.2) is 53.5 Å². The Balaban J connectivity index is 1.70. The van der Waals surface area contributed by atoms with Crippen molar-refractivity contribution in [3.8, 4) is 0 Å². The van der Waals surface area contributed by atoms with Gasteiger partial charge in [0.05, 0.1) is 23.0 Å². The lowest BCUT2D eigenvalue weighted by molar-refractivity contribution is -0.384. The summed E-state index contributed by atoms with van der Waals surface area (Å²) in [5.74, 6) is -2.03. The molecule has 0 fully saturated rings. The van der Waals surface area contributed by atoms with E-state index in [9.17, 15) is 38.9 Å². The number of ether oxygens (including phenoxy) is 4. The molecule has 1 aliphatic rings. The quantitative estimate of drug-likeness (QED) is 0.0509. The second-order valence-corrected chi connectivity index (χ2v) is 18.8. The first-order valence-corrected chi connectivity index (χ1v) is 20.9. The van der Waals surface area contributed by atoms with Crippen LogP contribution in [0.25, 0.3) is 0 Å². The number of benzene rings is 2. The number of hydrogen-bond donors (Lipinski definition) is 1. The minimum atomic E-state index is -1.21. The standard InChI is InChI=1S/C43H52ClN5O12S/c1-11-58-34(50)23-30-20-28-24-47(19-18-33(28)62-30)37(52)32(21-27-16-17-29(49(56)57)22-31(27)44)45-36(51)26-14-12-25(13-15-26)35(46-38(53)59-41(2,3)4)48(39(54)60-42(5,6)7)40(55)61-43(8,9)10/h12-17,20,22,32H,11,18-19,21,23-24H2,1-10H3,(H,45,51)/t32-/m0/s1. The number of thiophene rings is 1. The number of rotatable bonds is 10. The fourth-order valence-electron chi connectivity index (χ4n) is 5.97. The number of amides is 5. The maximum atomic E-state index is 14.3. The Labute approximate surface area is 368 Å². The molecule has 0 aliphatic carbocycles. The number of nitrogens with zero attached hydrogens (tertiary/aromatic N) is 4. The predicted octanol–water partition coefficient (Wildman–Crippen LogP) is 8.20. The number of imide groups is 1. The van der Waals surface area contributed by atoms with Crippen molar-refractivity contribution >= 4 is 70.5 Å². The zero-order valence-electron chi connectivity index (χ0n) is 36.4. The van der Waals surface area contributed by atoms with Crippen LogP contribution in [0.4, 0.5) is 20.1 Å². The van der Waals surface area contributed by atoms with Gasteiger partial charge in [-0.25, -0.2) is 14.4 Å². The first kappa shape index (κ1) is 48.8. The third-order valence-corrected chi connectivity index (χ3v) is 10.1. The lowest BCUT2D eigenvalue weighted by Crippen LogP contribution is -2.50. The van der Waals surface area contributed by atoms with Gasteiger partial charge in [-0.1, -0.05) is 29.8 Å². The van der Waals surface area contributed by atoms with Gasteiger partial charge in [0.2, 0.25) is 5.91 Å². The van der Waals surface area contributed by atoms with Crippen molar-refractivity contribution in [1.29, 1.82) is 0 Å². The highest BCUT2D eigenvalue weighted by Crippen LogP contribution is 2.30. The second kappa shape index (κ2) is 19.9. The van der Waals surface area contributed by atoms with Gasteiger partial charge in [-0.15, -0.1) is 11.3 Å². The number of nitro benzene ring substituents is 1. The molecule has 0 unspecified atom stereocenters. The predicted molar refractivity (Wildman–Crippen MR) is 230 cm³/mol. The van der Waals surface area contributed by atoms with Crippen LogP contribution >= 0.6 is 22.9 Å². The molecule has 1 atom stereocenters. The summed E-state index contributed by atoms with van der Waals surface area (Å²) in [6.45, 7) is 16.8. The molecular formula is C43H52ClN5O12S. The third kappa shape index (κ3) is 14.1. The van der Waals surface area contributed by atoms with E-state index in [-0.39, 0.29) is 53.8 Å². The molecule has 334 valence electrons. The normalized spacial score (nSPS) is 13.6. The average molecular weight is 898 g/mol. The monoisotopic (exact) mass is 897 g/mol. The summed E-state index contributed by atoms with van der Waals surface area (Å²) in [4.78, 5) is 99.5. The summed E-state index contributed by atoms with van der Waals surface area (Å²) in [6, 6.07) is 9.83. The van der Waals surface area contributed by atoms with Crippen molar-refractivity contribution in [2.45, 2.75) is 118 Å². The molecule has 0 spiro atoms. The summed E-state index contributed by atoms with van der Waals surface area (Å²) in [5.41, 5.74) is -2.17. The zero-order valence-corrected chi connectivity index (χ0v) is 38.0. The van der Waals surface area contributed by atoms with E-state index in [4.69, 9.17) is 30.5 Å². The summed E-state index contributed by atoms with van der Waals surface area (Å²) >= 11 is 7.94. The van der Waals surface area contributed by atoms with Crippen molar-refractivity contribution in [2.24, 2.45) is 4.99 Å². The molecule has 1 aliphatic heterocycles. The number of halogens is 1. The number of carbonyl (C=O) groups excluding carboxylic acids is 6. The van der Waals surface area contributed by atoms with Crippen molar-refractivity contribution in [3.63, 3.8) is 0 Å². The Morgan fingerprint density at radius 1 is 0.887 bits per heavy atom. The summed E-state index contributed by atoms with van der Waals surface area (Å²) < 4.78 is 21.5. The topological polar surface area (TPSA) is 213 Å². The van der Waals surface area contributed by atoms with Gasteiger partial charge in [-0.3, -0.25) is 24.5 Å². The molecule has 2 aromatic carbocycles. The van der Waals surface area contributed by atoms with Crippen LogP contribution in [0.3, 0.4) is 0 Å². The number of fused-ring (bicyclic) bond motifs is 1. The van der Waals surface area contributed by atoms with Crippen LogP contribution in [0.5, 0.6) is 0 Å². The van der Waals surface area contributed by atoms with E-state index in [1.165, 1.54) is 47.7 Å². The molecule has 17 nitrogen and oxygen atoms in total. The molecule has 62 heavy (non-hydrogen) atoms. The smallest absolute Gasteiger partial charge is 0.436 e. The maximum absolute atomic E-state index is 14.3. The molecule has 1 N–H and O–H groups in total. The fourth-order valence-corrected chi connectivity index (χ4v) is 7.38. The molecule has 4 rings (SSSR count). The molecule has 19 heteroatoms. The van der Waals surface area contributed by atoms with Crippen LogP contribution in [-0.4, -0.2) is 92.6 Å². The summed E-state index contributed by atoms with van der Waals surface area (Å²) in [7, 11) is 0. The Kier molecular flexibility index (Phi) is 15.6. The molecule has 0 saturated carbocycles. The highest BCUT2D eigenvalue weighted by atomic mass is 35.5. The minimum absolute atomic E-state index is 0.0108. The Hall–Kier alpha value is -5.88. The van der Waals surface area contributed by atoms with Crippen molar-refractivity contribution in [3.05, 3.63) is 95.7 Å². The van der Waals surface area contributed by atoms with E-state index in [2.05, 4.69) is 10.3 Å². The van der Waals surface area contributed by atoms with Gasteiger partial charge < -0.3 is 29.2 Å². The number of hydrogen-bond acceptors (Lipinski definition) is 13. The SMILES string of the molecule is CCOC(=O)Cc1cc2c(s1)CCN(C(=O)[C@H](Cc1ccc([N+](=O)[O-])cc1Cl)NC(=O)c1ccc(C(=NC(=O)OC(C)(C)C)N(C(=O)OC(C)(C)C)C(=O)OC(C)(C)C)cc1)C2. The zero-order chi connectivity index (χ0) is 46.3. The van der Waals surface area contributed by atoms with Crippen molar-refractivity contribution < 1.29 is 52.6 Å². The third-order valence-electron chi connectivity index (χ3n) is 8.49. The lowest BCUT2D eigenvalue weighted by Gasteiger charge is -2.31. The van der Waals surface area contributed by atoms with Gasteiger partial charge in [0.1, 0.15) is 22.8 Å². The molecule has 3 aromatic rings. The molecule has 5 amide bonds. The Bertz CT molecular complexity index is 2210. The number of nitrogens with one attached hydrogen (secondary N) is 1. The van der Waals surface area contributed by atoms with Crippen LogP contribution < -0.4 is 5.32 Å². The number of amidine groups is 1. The van der Waals surface area contributed by atoms with Crippen LogP contribution in [0.2, 0.25) is 5.02 Å². The number of aliphatic imine (C=N–C) groups is 1. The van der Waals surface area contributed by atoms with Gasteiger partial charge in [-0.2, -0.15) is 9.89 Å². The Morgan fingerprint density at radius 2 is 1.47 bits per heavy atom. The van der Waals surface area contributed by atoms with Crippen molar-refractivity contribution in [2.75, 3.05) is 13.2 Å². The van der Waals surface area contributed by atoms with Crippen LogP contribution in [0, 0.1) is 10.1 Å². The maximum Gasteiger partial charge on any atom is 0.436 e. The van der Waals surface area contributed by atoms with E-state index in [1.807, 2.05) is 6.07 Å². The first-order valence-electron chi connectivity index (χ1n) is 19.7.